The van der Waals surface area contributed by atoms with Gasteiger partial charge in [-0.1, -0.05) is 17.7 Å². The molecular formula is C16H14ClN3O4S2. The van der Waals surface area contributed by atoms with Crippen molar-refractivity contribution in [2.75, 3.05) is 11.8 Å². The van der Waals surface area contributed by atoms with Crippen LogP contribution in [0.2, 0.25) is 5.02 Å². The quantitative estimate of drug-likeness (QED) is 0.649. The number of aromatic nitrogens is 2. The second-order valence-electron chi connectivity index (χ2n) is 5.22. The van der Waals surface area contributed by atoms with Crippen LogP contribution in [0.25, 0.3) is 5.69 Å². The van der Waals surface area contributed by atoms with Gasteiger partial charge in [0.05, 0.1) is 28.4 Å². The van der Waals surface area contributed by atoms with Gasteiger partial charge >= 0.3 is 5.97 Å². The molecule has 7 nitrogen and oxygen atoms in total. The fraction of sp³-hybridized carbons (Fsp3) is 0.125. The minimum Gasteiger partial charge on any atom is -0.465 e. The Bertz CT molecular complexity index is 1070. The number of nitrogens with one attached hydrogen (secondary N) is 1. The fourth-order valence-electron chi connectivity index (χ4n) is 2.33. The summed E-state index contributed by atoms with van der Waals surface area (Å²) in [6.07, 6.45) is 3.28. The summed E-state index contributed by atoms with van der Waals surface area (Å²) in [4.78, 5) is 15.9. The Morgan fingerprint density at radius 2 is 2.15 bits per heavy atom. The Kier molecular flexibility index (Phi) is 5.03. The van der Waals surface area contributed by atoms with E-state index in [0.29, 0.717) is 22.2 Å². The summed E-state index contributed by atoms with van der Waals surface area (Å²) in [6, 6.07) is 6.18. The first kappa shape index (κ1) is 18.4. The third-order valence-corrected chi connectivity index (χ3v) is 6.28. The van der Waals surface area contributed by atoms with E-state index in [1.165, 1.54) is 18.6 Å². The monoisotopic (exact) mass is 411 g/mol. The van der Waals surface area contributed by atoms with Crippen molar-refractivity contribution >= 4 is 44.6 Å². The van der Waals surface area contributed by atoms with Crippen molar-refractivity contribution in [3.8, 4) is 5.69 Å². The normalized spacial score (nSPS) is 11.3. The Hall–Kier alpha value is -2.36. The zero-order valence-corrected chi connectivity index (χ0v) is 16.2. The van der Waals surface area contributed by atoms with E-state index in [9.17, 15) is 13.2 Å². The molecule has 2 aromatic heterocycles. The third-order valence-electron chi connectivity index (χ3n) is 3.57. The molecule has 0 aliphatic carbocycles. The SMILES string of the molecule is COC(=O)c1cc(S(=O)(=O)Nc2cccc(Cl)c2-n2ccnc2C)cs1. The van der Waals surface area contributed by atoms with Crippen LogP contribution in [0.15, 0.2) is 46.9 Å². The van der Waals surface area contributed by atoms with E-state index in [4.69, 9.17) is 11.6 Å². The average Bonchev–Trinajstić information content (AvgIpc) is 3.24. The summed E-state index contributed by atoms with van der Waals surface area (Å²) < 4.78 is 34.3. The van der Waals surface area contributed by atoms with Crippen LogP contribution in [0.4, 0.5) is 5.69 Å². The molecule has 0 saturated heterocycles. The van der Waals surface area contributed by atoms with Gasteiger partial charge in [-0.25, -0.2) is 18.2 Å². The number of aryl methyl sites for hydroxylation is 1. The number of halogens is 1. The average molecular weight is 412 g/mol. The molecule has 2 heterocycles. The largest absolute Gasteiger partial charge is 0.465 e. The smallest absolute Gasteiger partial charge is 0.348 e. The standard InChI is InChI=1S/C16H14ClN3O4S2/c1-10-18-6-7-20(10)15-12(17)4-3-5-13(15)19-26(22,23)11-8-14(25-9-11)16(21)24-2/h3-9,19H,1-2H3. The first-order valence-corrected chi connectivity index (χ1v) is 10.1. The highest BCUT2D eigenvalue weighted by Gasteiger charge is 2.22. The summed E-state index contributed by atoms with van der Waals surface area (Å²) in [5.74, 6) is 0.0657. The minimum absolute atomic E-state index is 0.0313. The molecule has 0 aliphatic heterocycles. The number of anilines is 1. The molecule has 0 amide bonds. The fourth-order valence-corrected chi connectivity index (χ4v) is 4.85. The third kappa shape index (κ3) is 3.46. The molecule has 0 radical (unpaired) electrons. The molecule has 136 valence electrons. The van der Waals surface area contributed by atoms with Gasteiger partial charge in [0.1, 0.15) is 10.7 Å². The Balaban J connectivity index is 2.01. The predicted molar refractivity (Wildman–Crippen MR) is 99.8 cm³/mol. The molecule has 3 rings (SSSR count). The Morgan fingerprint density at radius 3 is 2.81 bits per heavy atom. The van der Waals surface area contributed by atoms with E-state index in [1.807, 2.05) is 0 Å². The zero-order chi connectivity index (χ0) is 18.9. The van der Waals surface area contributed by atoms with Crippen LogP contribution in [-0.2, 0) is 14.8 Å². The van der Waals surface area contributed by atoms with Gasteiger partial charge in [-0.05, 0) is 25.1 Å². The molecule has 1 N–H and O–H groups in total. The zero-order valence-electron chi connectivity index (χ0n) is 13.8. The van der Waals surface area contributed by atoms with Gasteiger partial charge < -0.3 is 9.30 Å². The van der Waals surface area contributed by atoms with E-state index in [2.05, 4.69) is 14.4 Å². The van der Waals surface area contributed by atoms with E-state index < -0.39 is 16.0 Å². The summed E-state index contributed by atoms with van der Waals surface area (Å²) in [5, 5.41) is 1.74. The molecule has 26 heavy (non-hydrogen) atoms. The lowest BCUT2D eigenvalue weighted by atomic mass is 10.2. The molecule has 0 spiro atoms. The number of methoxy groups -OCH3 is 1. The van der Waals surface area contributed by atoms with Crippen LogP contribution in [0.3, 0.4) is 0 Å². The van der Waals surface area contributed by atoms with Gasteiger partial charge in [-0.15, -0.1) is 11.3 Å². The molecule has 0 atom stereocenters. The second-order valence-corrected chi connectivity index (χ2v) is 8.23. The topological polar surface area (TPSA) is 90.3 Å². The number of hydrogen-bond acceptors (Lipinski definition) is 6. The number of carbonyl (C=O) groups is 1. The minimum atomic E-state index is -3.92. The summed E-state index contributed by atoms with van der Waals surface area (Å²) in [6.45, 7) is 1.78. The maximum atomic E-state index is 12.7. The van der Waals surface area contributed by atoms with Gasteiger partial charge in [-0.3, -0.25) is 4.72 Å². The molecule has 0 saturated carbocycles. The number of ether oxygens (including phenoxy) is 1. The lowest BCUT2D eigenvalue weighted by molar-refractivity contribution is 0.0606. The lowest BCUT2D eigenvalue weighted by Gasteiger charge is -2.15. The number of benzene rings is 1. The van der Waals surface area contributed by atoms with Crippen molar-refractivity contribution in [2.24, 2.45) is 0 Å². The molecule has 10 heteroatoms. The molecule has 1 aromatic carbocycles. The lowest BCUT2D eigenvalue weighted by Crippen LogP contribution is -2.14. The molecule has 0 fully saturated rings. The van der Waals surface area contributed by atoms with E-state index in [-0.39, 0.29) is 9.77 Å². The van der Waals surface area contributed by atoms with E-state index in [0.717, 1.165) is 11.3 Å². The number of sulfonamides is 1. The summed E-state index contributed by atoms with van der Waals surface area (Å²) >= 11 is 7.28. The van der Waals surface area contributed by atoms with Crippen molar-refractivity contribution < 1.29 is 17.9 Å². The number of esters is 1. The summed E-state index contributed by atoms with van der Waals surface area (Å²) in [7, 11) is -2.68. The van der Waals surface area contributed by atoms with E-state index >= 15 is 0 Å². The van der Waals surface area contributed by atoms with Gasteiger partial charge in [0.25, 0.3) is 10.0 Å². The Labute approximate surface area is 159 Å². The van der Waals surface area contributed by atoms with Crippen LogP contribution >= 0.6 is 22.9 Å². The number of carbonyl (C=O) groups excluding carboxylic acids is 1. The van der Waals surface area contributed by atoms with Crippen molar-refractivity contribution in [1.29, 1.82) is 0 Å². The van der Waals surface area contributed by atoms with Gasteiger partial charge in [-0.2, -0.15) is 0 Å². The molecule has 0 aliphatic rings. The van der Waals surface area contributed by atoms with Crippen molar-refractivity contribution in [3.63, 3.8) is 0 Å². The van der Waals surface area contributed by atoms with Gasteiger partial charge in [0.15, 0.2) is 0 Å². The maximum Gasteiger partial charge on any atom is 0.348 e. The van der Waals surface area contributed by atoms with Gasteiger partial charge in [0, 0.05) is 17.8 Å². The number of hydrogen-bond donors (Lipinski definition) is 1. The highest BCUT2D eigenvalue weighted by Crippen LogP contribution is 2.31. The second kappa shape index (κ2) is 7.10. The van der Waals surface area contributed by atoms with Gasteiger partial charge in [0.2, 0.25) is 0 Å². The van der Waals surface area contributed by atoms with Crippen LogP contribution in [0.1, 0.15) is 15.5 Å². The Morgan fingerprint density at radius 1 is 1.38 bits per heavy atom. The maximum absolute atomic E-state index is 12.7. The van der Waals surface area contributed by atoms with Crippen LogP contribution in [0.5, 0.6) is 0 Å². The van der Waals surface area contributed by atoms with Crippen LogP contribution in [-0.4, -0.2) is 31.0 Å². The van der Waals surface area contributed by atoms with Crippen molar-refractivity contribution in [2.45, 2.75) is 11.8 Å². The number of imidazole rings is 1. The van der Waals surface area contributed by atoms with E-state index in [1.54, 1.807) is 42.1 Å². The van der Waals surface area contributed by atoms with Crippen LogP contribution in [0, 0.1) is 6.92 Å². The molecule has 3 aromatic rings. The van der Waals surface area contributed by atoms with Crippen molar-refractivity contribution in [3.05, 3.63) is 57.8 Å². The van der Waals surface area contributed by atoms with Crippen molar-refractivity contribution in [1.82, 2.24) is 9.55 Å². The molecule has 0 bridgehead atoms. The number of nitrogens with zero attached hydrogens (tertiary/aromatic N) is 2. The predicted octanol–water partition coefficient (Wildman–Crippen LogP) is 3.48. The highest BCUT2D eigenvalue weighted by molar-refractivity contribution is 7.92. The van der Waals surface area contributed by atoms with Crippen LogP contribution < -0.4 is 4.72 Å². The summed E-state index contributed by atoms with van der Waals surface area (Å²) in [5.41, 5.74) is 0.764. The highest BCUT2D eigenvalue weighted by atomic mass is 35.5. The molecular weight excluding hydrogens is 398 g/mol. The number of rotatable bonds is 5. The molecule has 0 unspecified atom stereocenters. The number of para-hydroxylation sites is 1. The first-order chi connectivity index (χ1) is 12.3. The first-order valence-electron chi connectivity index (χ1n) is 7.32. The number of thiophene rings is 1.